The van der Waals surface area contributed by atoms with Crippen LogP contribution in [0.1, 0.15) is 104 Å². The van der Waals surface area contributed by atoms with Crippen molar-refractivity contribution in [1.82, 2.24) is 25.9 Å². The molecule has 4 fully saturated rings. The van der Waals surface area contributed by atoms with Crippen LogP contribution in [-0.2, 0) is 19.2 Å². The molecule has 0 spiro atoms. The van der Waals surface area contributed by atoms with Crippen LogP contribution in [0.2, 0.25) is 0 Å². The Morgan fingerprint density at radius 3 is 1.58 bits per heavy atom. The van der Waals surface area contributed by atoms with Gasteiger partial charge in [-0.3, -0.25) is 39.6 Å². The quantitative estimate of drug-likeness (QED) is 0.0797. The fourth-order valence-electron chi connectivity index (χ4n) is 7.31. The molecule has 0 aromatic heterocycles. The minimum Gasteiger partial charge on any atom is -0.367 e. The van der Waals surface area contributed by atoms with Gasteiger partial charge >= 0.3 is 12.1 Å². The van der Waals surface area contributed by atoms with Gasteiger partial charge in [-0.05, 0) is 52.4 Å². The lowest BCUT2D eigenvalue weighted by Gasteiger charge is -2.43. The molecule has 2 saturated carbocycles. The van der Waals surface area contributed by atoms with Crippen molar-refractivity contribution in [1.29, 1.82) is 0 Å². The highest BCUT2D eigenvalue weighted by Crippen LogP contribution is 2.38. The molecule has 4 rings (SSSR count). The number of nitrogens with zero attached hydrogens (tertiary/aromatic N) is 5. The second-order valence-electron chi connectivity index (χ2n) is 13.2. The van der Waals surface area contributed by atoms with Gasteiger partial charge in [0.25, 0.3) is 0 Å². The number of hydrogen-bond donors (Lipinski definition) is 4. The number of hydrazone groups is 1. The average molecular weight is 666 g/mol. The highest BCUT2D eigenvalue weighted by molar-refractivity contribution is 6.21. The SMILES string of the molecule is C=CCC1(C/C(C)=N/N=C(\N)N/N=C(\C)CC2(CC=C)C(=O)NC(=O)N(C3CCCCC3)C2=O)C(=O)NC(=O)N(C2CCCCC2)C1=O. The zero-order valence-corrected chi connectivity index (χ0v) is 27.9. The van der Waals surface area contributed by atoms with Gasteiger partial charge in [0.1, 0.15) is 10.8 Å². The van der Waals surface area contributed by atoms with Crippen LogP contribution in [0.3, 0.4) is 0 Å². The number of barbiturate groups is 2. The van der Waals surface area contributed by atoms with E-state index in [0.29, 0.717) is 37.1 Å². The van der Waals surface area contributed by atoms with Crippen LogP contribution in [0.25, 0.3) is 0 Å². The third-order valence-corrected chi connectivity index (χ3v) is 9.67. The van der Waals surface area contributed by atoms with Crippen molar-refractivity contribution in [3.05, 3.63) is 25.3 Å². The number of urea groups is 2. The fraction of sp³-hybridized carbons (Fsp3) is 0.606. The highest BCUT2D eigenvalue weighted by Gasteiger charge is 2.56. The zero-order valence-electron chi connectivity index (χ0n) is 27.9. The summed E-state index contributed by atoms with van der Waals surface area (Å²) in [7, 11) is 0. The van der Waals surface area contributed by atoms with Gasteiger partial charge in [-0.1, -0.05) is 50.7 Å². The van der Waals surface area contributed by atoms with Gasteiger partial charge in [0.2, 0.25) is 29.6 Å². The Kier molecular flexibility index (Phi) is 11.7. The summed E-state index contributed by atoms with van der Waals surface area (Å²) in [5.41, 5.74) is 5.96. The Hall–Kier alpha value is -4.69. The molecule has 2 unspecified atom stereocenters. The molecule has 2 saturated heterocycles. The lowest BCUT2D eigenvalue weighted by molar-refractivity contribution is -0.154. The van der Waals surface area contributed by atoms with E-state index in [4.69, 9.17) is 5.73 Å². The number of carbonyl (C=O) groups excluding carboxylic acids is 6. The maximum Gasteiger partial charge on any atom is 0.331 e. The molecule has 8 amide bonds. The number of allylic oxidation sites excluding steroid dienone is 2. The molecule has 2 aliphatic carbocycles. The molecule has 48 heavy (non-hydrogen) atoms. The molecule has 15 heteroatoms. The van der Waals surface area contributed by atoms with Crippen molar-refractivity contribution in [2.75, 3.05) is 0 Å². The molecule has 0 radical (unpaired) electrons. The number of guanidine groups is 1. The maximum atomic E-state index is 13.8. The predicted octanol–water partition coefficient (Wildman–Crippen LogP) is 3.37. The van der Waals surface area contributed by atoms with Crippen molar-refractivity contribution in [2.24, 2.45) is 31.9 Å². The molecule has 0 bridgehead atoms. The van der Waals surface area contributed by atoms with Crippen molar-refractivity contribution < 1.29 is 28.8 Å². The first kappa shape index (κ1) is 36.2. The van der Waals surface area contributed by atoms with Gasteiger partial charge in [0.15, 0.2) is 0 Å². The topological polar surface area (TPSA) is 208 Å². The van der Waals surface area contributed by atoms with Crippen molar-refractivity contribution in [3.63, 3.8) is 0 Å². The first-order chi connectivity index (χ1) is 22.9. The largest absolute Gasteiger partial charge is 0.367 e. The van der Waals surface area contributed by atoms with E-state index in [2.05, 4.69) is 44.5 Å². The molecule has 4 aliphatic rings. The summed E-state index contributed by atoms with van der Waals surface area (Å²) in [5.74, 6) is -2.81. The van der Waals surface area contributed by atoms with Crippen molar-refractivity contribution in [2.45, 2.75) is 116 Å². The smallest absolute Gasteiger partial charge is 0.331 e. The van der Waals surface area contributed by atoms with E-state index in [1.165, 1.54) is 22.0 Å². The van der Waals surface area contributed by atoms with Gasteiger partial charge in [-0.25, -0.2) is 15.0 Å². The molecule has 15 nitrogen and oxygen atoms in total. The Balaban J connectivity index is 1.48. The van der Waals surface area contributed by atoms with Gasteiger partial charge < -0.3 is 5.73 Å². The number of nitrogens with one attached hydrogen (secondary N) is 3. The fourth-order valence-corrected chi connectivity index (χ4v) is 7.31. The van der Waals surface area contributed by atoms with Crippen LogP contribution in [0.5, 0.6) is 0 Å². The van der Waals surface area contributed by atoms with E-state index in [0.717, 1.165) is 38.5 Å². The van der Waals surface area contributed by atoms with E-state index in [1.807, 2.05) is 0 Å². The number of imide groups is 4. The minimum atomic E-state index is -1.62. The lowest BCUT2D eigenvalue weighted by Crippen LogP contribution is -2.66. The van der Waals surface area contributed by atoms with Gasteiger partial charge in [-0.15, -0.1) is 18.3 Å². The third-order valence-electron chi connectivity index (χ3n) is 9.67. The standard InChI is InChI=1S/C33H47N9O6/c1-5-17-32(25(43)35-30(47)41(27(32)45)23-13-9-7-10-14-23)19-21(3)37-39-29(34)40-38-22(4)20-33(18-6-2)26(44)36-31(48)42(28(33)46)24-15-11-8-12-16-24/h5-6,23-24H,1-2,7-20H2,3-4H3,(H3,34,39,40)(H,35,43,47)(H,36,44,48)/b37-21+,38-22+. The molecule has 2 aliphatic heterocycles. The Morgan fingerprint density at radius 1 is 0.750 bits per heavy atom. The van der Waals surface area contributed by atoms with Crippen LogP contribution in [-0.4, -0.2) is 75.0 Å². The van der Waals surface area contributed by atoms with Crippen LogP contribution in [0.4, 0.5) is 9.59 Å². The number of nitrogens with two attached hydrogens (primary N) is 1. The third kappa shape index (κ3) is 7.39. The summed E-state index contributed by atoms with van der Waals surface area (Å²) >= 11 is 0. The summed E-state index contributed by atoms with van der Waals surface area (Å²) in [6.45, 7) is 10.7. The van der Waals surface area contributed by atoms with Crippen LogP contribution < -0.4 is 21.8 Å². The summed E-state index contributed by atoms with van der Waals surface area (Å²) in [6, 6.07) is -1.97. The Morgan fingerprint density at radius 2 is 1.17 bits per heavy atom. The van der Waals surface area contributed by atoms with Crippen LogP contribution >= 0.6 is 0 Å². The summed E-state index contributed by atoms with van der Waals surface area (Å²) in [4.78, 5) is 81.8. The Bertz CT molecular complexity index is 1440. The van der Waals surface area contributed by atoms with E-state index < -0.39 is 46.5 Å². The predicted molar refractivity (Wildman–Crippen MR) is 179 cm³/mol. The van der Waals surface area contributed by atoms with E-state index in [-0.39, 0.29) is 43.7 Å². The zero-order chi connectivity index (χ0) is 35.1. The normalized spacial score (nSPS) is 27.2. The van der Waals surface area contributed by atoms with Crippen LogP contribution in [0, 0.1) is 10.8 Å². The summed E-state index contributed by atoms with van der Waals surface area (Å²) in [5, 5.41) is 17.0. The molecule has 260 valence electrons. The number of rotatable bonds is 12. The number of amides is 8. The molecule has 0 aromatic rings. The monoisotopic (exact) mass is 665 g/mol. The Labute approximate surface area is 280 Å². The first-order valence-electron chi connectivity index (χ1n) is 16.7. The second kappa shape index (κ2) is 15.5. The van der Waals surface area contributed by atoms with Gasteiger partial charge in [0, 0.05) is 36.3 Å². The molecular weight excluding hydrogens is 618 g/mol. The first-order valence-corrected chi connectivity index (χ1v) is 16.7. The number of carbonyl (C=O) groups is 6. The van der Waals surface area contributed by atoms with Gasteiger partial charge in [0.05, 0.1) is 0 Å². The maximum absolute atomic E-state index is 13.8. The van der Waals surface area contributed by atoms with E-state index in [1.54, 1.807) is 13.8 Å². The number of hydrogen-bond acceptors (Lipinski definition) is 9. The molecule has 5 N–H and O–H groups in total. The summed E-state index contributed by atoms with van der Waals surface area (Å²) < 4.78 is 0. The van der Waals surface area contributed by atoms with E-state index >= 15 is 0 Å². The molecule has 2 heterocycles. The molecule has 2 atom stereocenters. The van der Waals surface area contributed by atoms with Crippen molar-refractivity contribution >= 4 is 53.1 Å². The molecule has 0 aromatic carbocycles. The molecular formula is C33H47N9O6. The summed E-state index contributed by atoms with van der Waals surface area (Å²) in [6.07, 6.45) is 11.1. The van der Waals surface area contributed by atoms with Gasteiger partial charge in [-0.2, -0.15) is 10.2 Å². The van der Waals surface area contributed by atoms with Crippen LogP contribution in [0.15, 0.2) is 40.6 Å². The second-order valence-corrected chi connectivity index (χ2v) is 13.2. The highest BCUT2D eigenvalue weighted by atomic mass is 16.2. The van der Waals surface area contributed by atoms with E-state index in [9.17, 15) is 28.8 Å². The van der Waals surface area contributed by atoms with Crippen molar-refractivity contribution in [3.8, 4) is 0 Å². The average Bonchev–Trinajstić information content (AvgIpc) is 3.05. The lowest BCUT2D eigenvalue weighted by atomic mass is 9.75. The minimum absolute atomic E-state index is 0.00336.